The van der Waals surface area contributed by atoms with E-state index in [0.29, 0.717) is 18.1 Å². The van der Waals surface area contributed by atoms with Crippen molar-refractivity contribution in [3.05, 3.63) is 114 Å². The third kappa shape index (κ3) is 4.48. The lowest BCUT2D eigenvalue weighted by Gasteiger charge is -2.10. The number of para-hydroxylation sites is 1. The summed E-state index contributed by atoms with van der Waals surface area (Å²) in [5.74, 6) is 1.62. The molecule has 0 atom stereocenters. The highest BCUT2D eigenvalue weighted by Gasteiger charge is 2.16. The number of benzene rings is 3. The number of oxazole rings is 1. The summed E-state index contributed by atoms with van der Waals surface area (Å²) in [6.07, 6.45) is 2.31. The second-order valence-corrected chi connectivity index (χ2v) is 8.11. The number of halogens is 1. The van der Waals surface area contributed by atoms with E-state index in [1.54, 1.807) is 30.2 Å². The zero-order chi connectivity index (χ0) is 21.8. The summed E-state index contributed by atoms with van der Waals surface area (Å²) in [5.41, 5.74) is 3.70. The van der Waals surface area contributed by atoms with Gasteiger partial charge in [0.25, 0.3) is 0 Å². The summed E-state index contributed by atoms with van der Waals surface area (Å²) in [6, 6.07) is 26.4. The molecule has 2 heterocycles. The predicted octanol–water partition coefficient (Wildman–Crippen LogP) is 5.94. The normalized spacial score (nSPS) is 11.0. The van der Waals surface area contributed by atoms with Crippen LogP contribution < -0.4 is 0 Å². The molecule has 7 heteroatoms. The Morgan fingerprint density at radius 1 is 0.844 bits per heavy atom. The molecule has 0 N–H and O–H groups in total. The average molecular weight is 443 g/mol. The molecule has 0 unspecified atom stereocenters. The van der Waals surface area contributed by atoms with E-state index in [-0.39, 0.29) is 5.82 Å². The third-order valence-corrected chi connectivity index (χ3v) is 5.87. The summed E-state index contributed by atoms with van der Waals surface area (Å²) in [6.45, 7) is 0. The third-order valence-electron chi connectivity index (χ3n) is 4.91. The standard InChI is InChI=1S/C25H19FN4OS/c26-20-13-11-19(12-14-20)24-27-21(16-31-24)17-32-25-29-28-23(15-18-7-3-1-4-8-18)30(25)22-9-5-2-6-10-22/h1-14,16H,15,17H2. The van der Waals surface area contributed by atoms with Crippen molar-refractivity contribution in [3.63, 3.8) is 0 Å². The van der Waals surface area contributed by atoms with E-state index in [1.165, 1.54) is 17.7 Å². The maximum absolute atomic E-state index is 13.2. The van der Waals surface area contributed by atoms with Crippen LogP contribution in [0.4, 0.5) is 4.39 Å². The van der Waals surface area contributed by atoms with Crippen molar-refractivity contribution in [3.8, 4) is 17.1 Å². The maximum Gasteiger partial charge on any atom is 0.226 e. The SMILES string of the molecule is Fc1ccc(-c2nc(CSc3nnc(Cc4ccccc4)n3-c3ccccc3)co2)cc1. The van der Waals surface area contributed by atoms with Crippen LogP contribution in [0.3, 0.4) is 0 Å². The molecular formula is C25H19FN4OS. The van der Waals surface area contributed by atoms with Gasteiger partial charge in [-0.15, -0.1) is 10.2 Å². The highest BCUT2D eigenvalue weighted by Crippen LogP contribution is 2.27. The average Bonchev–Trinajstić information content (AvgIpc) is 3.47. The minimum Gasteiger partial charge on any atom is -0.444 e. The summed E-state index contributed by atoms with van der Waals surface area (Å²) < 4.78 is 20.8. The van der Waals surface area contributed by atoms with Crippen LogP contribution in [0.15, 0.2) is 101 Å². The van der Waals surface area contributed by atoms with Gasteiger partial charge in [-0.1, -0.05) is 60.3 Å². The molecule has 5 nitrogen and oxygen atoms in total. The van der Waals surface area contributed by atoms with Crippen molar-refractivity contribution in [1.82, 2.24) is 19.7 Å². The number of rotatable bonds is 7. The van der Waals surface area contributed by atoms with Gasteiger partial charge in [0.05, 0.1) is 5.69 Å². The molecule has 0 aliphatic carbocycles. The molecular weight excluding hydrogens is 423 g/mol. The Labute approximate surface area is 189 Å². The summed E-state index contributed by atoms with van der Waals surface area (Å²) in [5, 5.41) is 9.71. The first kappa shape index (κ1) is 20.2. The molecule has 0 radical (unpaired) electrons. The minimum atomic E-state index is -0.289. The van der Waals surface area contributed by atoms with Gasteiger partial charge >= 0.3 is 0 Å². The molecule has 32 heavy (non-hydrogen) atoms. The predicted molar refractivity (Wildman–Crippen MR) is 122 cm³/mol. The van der Waals surface area contributed by atoms with Crippen molar-refractivity contribution in [1.29, 1.82) is 0 Å². The summed E-state index contributed by atoms with van der Waals surface area (Å²) >= 11 is 1.54. The first-order valence-electron chi connectivity index (χ1n) is 10.1. The first-order chi connectivity index (χ1) is 15.8. The molecule has 0 amide bonds. The van der Waals surface area contributed by atoms with Gasteiger partial charge in [-0.05, 0) is 42.0 Å². The van der Waals surface area contributed by atoms with Gasteiger partial charge in [0, 0.05) is 23.4 Å². The lowest BCUT2D eigenvalue weighted by molar-refractivity contribution is 0.573. The Kier molecular flexibility index (Phi) is 5.81. The Morgan fingerprint density at radius 2 is 1.56 bits per heavy atom. The zero-order valence-electron chi connectivity index (χ0n) is 17.1. The number of aromatic nitrogens is 4. The summed E-state index contributed by atoms with van der Waals surface area (Å²) in [7, 11) is 0. The van der Waals surface area contributed by atoms with Crippen LogP contribution in [0.2, 0.25) is 0 Å². The Morgan fingerprint density at radius 3 is 2.31 bits per heavy atom. The van der Waals surface area contributed by atoms with Crippen molar-refractivity contribution in [2.24, 2.45) is 0 Å². The molecule has 0 fully saturated rings. The monoisotopic (exact) mass is 442 g/mol. The Bertz CT molecular complexity index is 1300. The van der Waals surface area contributed by atoms with Crippen molar-refractivity contribution in [2.45, 2.75) is 17.3 Å². The molecule has 0 spiro atoms. The molecule has 2 aromatic heterocycles. The summed E-state index contributed by atoms with van der Waals surface area (Å²) in [4.78, 5) is 4.53. The largest absolute Gasteiger partial charge is 0.444 e. The fourth-order valence-electron chi connectivity index (χ4n) is 3.36. The van der Waals surface area contributed by atoms with Crippen molar-refractivity contribution >= 4 is 11.8 Å². The van der Waals surface area contributed by atoms with Crippen LogP contribution in [-0.2, 0) is 12.2 Å². The fourth-order valence-corrected chi connectivity index (χ4v) is 4.21. The molecule has 0 saturated carbocycles. The van der Waals surface area contributed by atoms with Crippen LogP contribution in [0.1, 0.15) is 17.1 Å². The number of hydrogen-bond acceptors (Lipinski definition) is 5. The Hall–Kier alpha value is -3.71. The first-order valence-corrected chi connectivity index (χ1v) is 11.1. The molecule has 5 aromatic rings. The quantitative estimate of drug-likeness (QED) is 0.292. The topological polar surface area (TPSA) is 56.7 Å². The van der Waals surface area contributed by atoms with Crippen LogP contribution in [0, 0.1) is 5.82 Å². The van der Waals surface area contributed by atoms with Gasteiger partial charge in [0.1, 0.15) is 17.9 Å². The Balaban J connectivity index is 1.38. The molecule has 0 aliphatic rings. The fraction of sp³-hybridized carbons (Fsp3) is 0.0800. The molecule has 158 valence electrons. The second-order valence-electron chi connectivity index (χ2n) is 7.17. The highest BCUT2D eigenvalue weighted by molar-refractivity contribution is 7.98. The minimum absolute atomic E-state index is 0.289. The van der Waals surface area contributed by atoms with Crippen LogP contribution in [0.25, 0.3) is 17.1 Å². The van der Waals surface area contributed by atoms with Gasteiger partial charge in [0.15, 0.2) is 5.16 Å². The number of nitrogens with zero attached hydrogens (tertiary/aromatic N) is 4. The van der Waals surface area contributed by atoms with E-state index in [9.17, 15) is 4.39 Å². The van der Waals surface area contributed by atoms with Crippen LogP contribution >= 0.6 is 11.8 Å². The molecule has 3 aromatic carbocycles. The van der Waals surface area contributed by atoms with Gasteiger partial charge in [-0.2, -0.15) is 0 Å². The van der Waals surface area contributed by atoms with E-state index in [1.807, 2.05) is 48.5 Å². The molecule has 5 rings (SSSR count). The van der Waals surface area contributed by atoms with Gasteiger partial charge in [-0.25, -0.2) is 9.37 Å². The van der Waals surface area contributed by atoms with Crippen molar-refractivity contribution in [2.75, 3.05) is 0 Å². The van der Waals surface area contributed by atoms with E-state index in [4.69, 9.17) is 4.42 Å². The molecule has 0 saturated heterocycles. The van der Waals surface area contributed by atoms with E-state index < -0.39 is 0 Å². The zero-order valence-corrected chi connectivity index (χ0v) is 17.9. The van der Waals surface area contributed by atoms with Crippen LogP contribution in [0.5, 0.6) is 0 Å². The maximum atomic E-state index is 13.2. The molecule has 0 aliphatic heterocycles. The van der Waals surface area contributed by atoms with Gasteiger partial charge in [-0.3, -0.25) is 4.57 Å². The van der Waals surface area contributed by atoms with Gasteiger partial charge < -0.3 is 4.42 Å². The lowest BCUT2D eigenvalue weighted by Crippen LogP contribution is -2.03. The van der Waals surface area contributed by atoms with Crippen molar-refractivity contribution < 1.29 is 8.81 Å². The second kappa shape index (κ2) is 9.20. The highest BCUT2D eigenvalue weighted by atomic mass is 32.2. The molecule has 0 bridgehead atoms. The lowest BCUT2D eigenvalue weighted by atomic mass is 10.1. The van der Waals surface area contributed by atoms with E-state index in [2.05, 4.69) is 31.9 Å². The van der Waals surface area contributed by atoms with Crippen LogP contribution in [-0.4, -0.2) is 19.7 Å². The number of thioether (sulfide) groups is 1. The van der Waals surface area contributed by atoms with Gasteiger partial charge in [0.2, 0.25) is 5.89 Å². The van der Waals surface area contributed by atoms with E-state index in [0.717, 1.165) is 27.9 Å². The smallest absolute Gasteiger partial charge is 0.226 e. The number of hydrogen-bond donors (Lipinski definition) is 0. The van der Waals surface area contributed by atoms with E-state index >= 15 is 0 Å².